The highest BCUT2D eigenvalue weighted by molar-refractivity contribution is 5.14. The van der Waals surface area contributed by atoms with Crippen molar-refractivity contribution in [3.05, 3.63) is 40.8 Å². The van der Waals surface area contributed by atoms with Crippen molar-refractivity contribution in [2.24, 2.45) is 5.29 Å². The topological polar surface area (TPSA) is 56.5 Å². The van der Waals surface area contributed by atoms with Crippen molar-refractivity contribution < 1.29 is 0 Å². The average molecular weight is 189 g/mol. The van der Waals surface area contributed by atoms with E-state index in [-0.39, 0.29) is 6.54 Å². The number of rotatable bonds is 5. The summed E-state index contributed by atoms with van der Waals surface area (Å²) < 4.78 is 0. The summed E-state index contributed by atoms with van der Waals surface area (Å²) >= 11 is 0. The number of nitrogens with zero attached hydrogens (tertiary/aromatic N) is 3. The van der Waals surface area contributed by atoms with Crippen LogP contribution in [0.2, 0.25) is 0 Å². The Morgan fingerprint density at radius 2 is 2.07 bits per heavy atom. The van der Waals surface area contributed by atoms with Crippen molar-refractivity contribution in [3.63, 3.8) is 0 Å². The third-order valence-electron chi connectivity index (χ3n) is 1.87. The van der Waals surface area contributed by atoms with Crippen LogP contribution >= 0.6 is 0 Å². The van der Waals surface area contributed by atoms with E-state index in [2.05, 4.69) is 5.29 Å². The molecule has 0 amide bonds. The predicted octanol–water partition coefficient (Wildman–Crippen LogP) is 1.74. The summed E-state index contributed by atoms with van der Waals surface area (Å²) in [5.41, 5.74) is 1.14. The zero-order valence-electron chi connectivity index (χ0n) is 7.76. The highest BCUT2D eigenvalue weighted by Crippen LogP contribution is 2.01. The summed E-state index contributed by atoms with van der Waals surface area (Å²) in [5.74, 6) is 0. The summed E-state index contributed by atoms with van der Waals surface area (Å²) in [6, 6.07) is 11.7. The predicted molar refractivity (Wildman–Crippen MR) is 53.1 cm³/mol. The molecule has 0 spiro atoms. The first kappa shape index (κ1) is 10.2. The first-order chi connectivity index (χ1) is 6.86. The Morgan fingerprint density at radius 3 is 2.64 bits per heavy atom. The average Bonchev–Trinajstić information content (AvgIpc) is 2.25. The zero-order chi connectivity index (χ0) is 10.2. The molecule has 0 saturated carbocycles. The normalized spacial score (nSPS) is 9.07. The maximum Gasteiger partial charge on any atom is 0.126 e. The van der Waals surface area contributed by atoms with E-state index >= 15 is 0 Å². The molecule has 0 aliphatic rings. The molecule has 0 bridgehead atoms. The summed E-state index contributed by atoms with van der Waals surface area (Å²) in [5, 5.41) is 12.3. The van der Waals surface area contributed by atoms with Crippen molar-refractivity contribution in [2.45, 2.75) is 6.42 Å². The maximum atomic E-state index is 10.2. The van der Waals surface area contributed by atoms with Crippen molar-refractivity contribution in [3.8, 4) is 6.07 Å². The molecule has 1 aromatic rings. The smallest absolute Gasteiger partial charge is 0.126 e. The summed E-state index contributed by atoms with van der Waals surface area (Å²) in [6.45, 7) is 0.539. The van der Waals surface area contributed by atoms with Gasteiger partial charge in [0.25, 0.3) is 0 Å². The van der Waals surface area contributed by atoms with Crippen molar-refractivity contribution >= 4 is 0 Å². The molecule has 0 atom stereocenters. The molecule has 1 rings (SSSR count). The van der Waals surface area contributed by atoms with Crippen LogP contribution in [0.1, 0.15) is 5.56 Å². The molecule has 14 heavy (non-hydrogen) atoms. The lowest BCUT2D eigenvalue weighted by Crippen LogP contribution is -2.19. The van der Waals surface area contributed by atoms with Gasteiger partial charge in [-0.25, -0.2) is 5.01 Å². The van der Waals surface area contributed by atoms with Gasteiger partial charge in [0.05, 0.1) is 11.4 Å². The molecule has 0 aromatic heterocycles. The highest BCUT2D eigenvalue weighted by atomic mass is 16.3. The Bertz CT molecular complexity index is 318. The molecule has 0 unspecified atom stereocenters. The van der Waals surface area contributed by atoms with Gasteiger partial charge < -0.3 is 0 Å². The molecule has 0 fully saturated rings. The van der Waals surface area contributed by atoms with E-state index in [9.17, 15) is 4.91 Å². The van der Waals surface area contributed by atoms with Crippen molar-refractivity contribution in [1.82, 2.24) is 5.01 Å². The van der Waals surface area contributed by atoms with E-state index in [0.29, 0.717) is 6.54 Å². The van der Waals surface area contributed by atoms with E-state index < -0.39 is 0 Å². The second-order valence-corrected chi connectivity index (χ2v) is 2.86. The zero-order valence-corrected chi connectivity index (χ0v) is 7.76. The van der Waals surface area contributed by atoms with Gasteiger partial charge in [0.2, 0.25) is 0 Å². The molecule has 72 valence electrons. The van der Waals surface area contributed by atoms with E-state index in [0.717, 1.165) is 12.0 Å². The molecule has 4 heteroatoms. The van der Waals surface area contributed by atoms with E-state index in [1.807, 2.05) is 36.4 Å². The third-order valence-corrected chi connectivity index (χ3v) is 1.87. The van der Waals surface area contributed by atoms with Crippen LogP contribution in [0.4, 0.5) is 0 Å². The van der Waals surface area contributed by atoms with Crippen LogP contribution in [0, 0.1) is 16.2 Å². The molecular formula is C10H11N3O. The van der Waals surface area contributed by atoms with Gasteiger partial charge in [0, 0.05) is 6.54 Å². The van der Waals surface area contributed by atoms with Crippen LogP contribution in [0.25, 0.3) is 0 Å². The molecule has 4 nitrogen and oxygen atoms in total. The monoisotopic (exact) mass is 189 g/mol. The van der Waals surface area contributed by atoms with Gasteiger partial charge in [-0.3, -0.25) is 0 Å². The minimum Gasteiger partial charge on any atom is -0.246 e. The van der Waals surface area contributed by atoms with Gasteiger partial charge in [0.15, 0.2) is 0 Å². The standard InChI is InChI=1S/C10H11N3O/c11-7-9-13(12-14)8-6-10-4-2-1-3-5-10/h1-5H,6,8-9H2. The van der Waals surface area contributed by atoms with E-state index in [4.69, 9.17) is 5.26 Å². The second kappa shape index (κ2) is 5.70. The Kier molecular flexibility index (Phi) is 4.15. The molecule has 0 aliphatic carbocycles. The minimum atomic E-state index is 0.0519. The third kappa shape index (κ3) is 3.23. The van der Waals surface area contributed by atoms with Crippen LogP contribution in [-0.2, 0) is 6.42 Å². The van der Waals surface area contributed by atoms with E-state index in [1.54, 1.807) is 0 Å². The van der Waals surface area contributed by atoms with Gasteiger partial charge in [-0.1, -0.05) is 30.3 Å². The lowest BCUT2D eigenvalue weighted by Gasteiger charge is -2.10. The Labute approximate surface area is 82.7 Å². The maximum absolute atomic E-state index is 10.2. The van der Waals surface area contributed by atoms with Gasteiger partial charge in [0.1, 0.15) is 6.54 Å². The minimum absolute atomic E-state index is 0.0519. The molecule has 0 radical (unpaired) electrons. The highest BCUT2D eigenvalue weighted by Gasteiger charge is 2.01. The Morgan fingerprint density at radius 1 is 1.36 bits per heavy atom. The fourth-order valence-corrected chi connectivity index (χ4v) is 1.13. The van der Waals surface area contributed by atoms with Crippen molar-refractivity contribution in [1.29, 1.82) is 5.26 Å². The summed E-state index contributed by atoms with van der Waals surface area (Å²) in [4.78, 5) is 10.2. The van der Waals surface area contributed by atoms with Crippen LogP contribution in [-0.4, -0.2) is 18.1 Å². The van der Waals surface area contributed by atoms with Crippen LogP contribution in [0.5, 0.6) is 0 Å². The van der Waals surface area contributed by atoms with Gasteiger partial charge in [-0.15, -0.1) is 4.91 Å². The van der Waals surface area contributed by atoms with Gasteiger partial charge in [-0.05, 0) is 12.0 Å². The van der Waals surface area contributed by atoms with Crippen LogP contribution in [0.3, 0.4) is 0 Å². The number of benzene rings is 1. The number of hydrogen-bond acceptors (Lipinski definition) is 3. The SMILES string of the molecule is N#CCN(CCc1ccccc1)N=O. The number of nitriles is 1. The van der Waals surface area contributed by atoms with Gasteiger partial charge in [-0.2, -0.15) is 5.26 Å². The van der Waals surface area contributed by atoms with Crippen LogP contribution in [0.15, 0.2) is 35.6 Å². The molecular weight excluding hydrogens is 178 g/mol. The van der Waals surface area contributed by atoms with E-state index in [1.165, 1.54) is 5.01 Å². The first-order valence-corrected chi connectivity index (χ1v) is 4.36. The lowest BCUT2D eigenvalue weighted by atomic mass is 10.1. The fourth-order valence-electron chi connectivity index (χ4n) is 1.13. The molecule has 0 saturated heterocycles. The number of hydrogen-bond donors (Lipinski definition) is 0. The lowest BCUT2D eigenvalue weighted by molar-refractivity contribution is 0.322. The van der Waals surface area contributed by atoms with Crippen LogP contribution < -0.4 is 0 Å². The quantitative estimate of drug-likeness (QED) is 0.402. The molecule has 0 heterocycles. The summed E-state index contributed by atoms with van der Waals surface area (Å²) in [7, 11) is 0. The van der Waals surface area contributed by atoms with Crippen molar-refractivity contribution in [2.75, 3.05) is 13.1 Å². The molecule has 0 aliphatic heterocycles. The summed E-state index contributed by atoms with van der Waals surface area (Å²) in [6.07, 6.45) is 0.730. The Balaban J connectivity index is 2.40. The number of nitroso groups, excluding NO2 is 1. The second-order valence-electron chi connectivity index (χ2n) is 2.86. The largest absolute Gasteiger partial charge is 0.246 e. The van der Waals surface area contributed by atoms with Gasteiger partial charge >= 0.3 is 0 Å². The molecule has 1 aromatic carbocycles. The Hall–Kier alpha value is -1.89. The molecule has 0 N–H and O–H groups in total. The first-order valence-electron chi connectivity index (χ1n) is 4.36. The fraction of sp³-hybridized carbons (Fsp3) is 0.300.